The molecule has 3 nitrogen and oxygen atoms in total. The van der Waals surface area contributed by atoms with Gasteiger partial charge in [-0.1, -0.05) is 0 Å². The van der Waals surface area contributed by atoms with Gasteiger partial charge in [-0.05, 0) is 27.4 Å². The minimum atomic E-state index is -0.00397. The number of aromatic amines is 1. The number of rotatable bonds is 2. The van der Waals surface area contributed by atoms with E-state index in [1.807, 2.05) is 11.4 Å². The van der Waals surface area contributed by atoms with Crippen molar-refractivity contribution in [3.63, 3.8) is 0 Å². The molecular weight excluding hydrogens is 252 g/mol. The zero-order chi connectivity index (χ0) is 9.26. The Morgan fingerprint density at radius 1 is 1.62 bits per heavy atom. The summed E-state index contributed by atoms with van der Waals surface area (Å²) >= 11 is 5.03. The molecule has 0 bridgehead atoms. The Bertz CT molecular complexity index is 410. The van der Waals surface area contributed by atoms with Crippen LogP contribution in [0.5, 0.6) is 0 Å². The fourth-order valence-corrected chi connectivity index (χ4v) is 2.53. The third-order valence-corrected chi connectivity index (χ3v) is 3.48. The van der Waals surface area contributed by atoms with Gasteiger partial charge in [-0.15, -0.1) is 11.3 Å². The molecule has 2 aromatic heterocycles. The number of aromatic nitrogens is 2. The normalized spacial score (nSPS) is 10.6. The van der Waals surface area contributed by atoms with Crippen molar-refractivity contribution in [2.24, 2.45) is 0 Å². The molecule has 2 heterocycles. The molecule has 2 N–H and O–H groups in total. The molecule has 0 aliphatic heterocycles. The summed E-state index contributed by atoms with van der Waals surface area (Å²) in [5.74, 6) is 0.797. The van der Waals surface area contributed by atoms with Crippen molar-refractivity contribution < 1.29 is 5.11 Å². The first kappa shape index (κ1) is 8.93. The lowest BCUT2D eigenvalue weighted by Gasteiger charge is -1.91. The highest BCUT2D eigenvalue weighted by Crippen LogP contribution is 2.31. The fourth-order valence-electron chi connectivity index (χ4n) is 1.02. The first-order chi connectivity index (χ1) is 6.31. The van der Waals surface area contributed by atoms with E-state index in [0.29, 0.717) is 0 Å². The van der Waals surface area contributed by atoms with Crippen LogP contribution in [0, 0.1) is 0 Å². The van der Waals surface area contributed by atoms with Crippen molar-refractivity contribution in [3.05, 3.63) is 27.8 Å². The van der Waals surface area contributed by atoms with Gasteiger partial charge < -0.3 is 10.1 Å². The minimum Gasteiger partial charge on any atom is -0.390 e. The van der Waals surface area contributed by atoms with Crippen LogP contribution in [0.1, 0.15) is 5.69 Å². The Morgan fingerprint density at radius 3 is 3.00 bits per heavy atom. The van der Waals surface area contributed by atoms with Gasteiger partial charge in [-0.3, -0.25) is 0 Å². The van der Waals surface area contributed by atoms with Crippen LogP contribution in [0.25, 0.3) is 10.7 Å². The number of hydrogen-bond donors (Lipinski definition) is 2. The average molecular weight is 259 g/mol. The van der Waals surface area contributed by atoms with Gasteiger partial charge in [0.25, 0.3) is 0 Å². The summed E-state index contributed by atoms with van der Waals surface area (Å²) < 4.78 is 1.02. The summed E-state index contributed by atoms with van der Waals surface area (Å²) in [6.45, 7) is -0.00397. The largest absolute Gasteiger partial charge is 0.390 e. The lowest BCUT2D eigenvalue weighted by molar-refractivity contribution is 0.277. The zero-order valence-electron chi connectivity index (χ0n) is 6.62. The second kappa shape index (κ2) is 3.61. The standard InChI is InChI=1S/C8H7BrN2OS/c9-6-1-2-13-7(6)8-10-3-5(4-12)11-8/h1-3,12H,4H2,(H,10,11). The third kappa shape index (κ3) is 1.67. The van der Waals surface area contributed by atoms with Crippen molar-refractivity contribution in [1.82, 2.24) is 9.97 Å². The number of thiophene rings is 1. The molecule has 68 valence electrons. The molecule has 0 aliphatic carbocycles. The van der Waals surface area contributed by atoms with E-state index in [0.717, 1.165) is 20.9 Å². The molecule has 0 amide bonds. The minimum absolute atomic E-state index is 0.00397. The Kier molecular flexibility index (Phi) is 2.48. The maximum absolute atomic E-state index is 8.84. The first-order valence-corrected chi connectivity index (χ1v) is 5.36. The molecule has 0 saturated carbocycles. The molecule has 13 heavy (non-hydrogen) atoms. The van der Waals surface area contributed by atoms with E-state index in [-0.39, 0.29) is 6.61 Å². The maximum Gasteiger partial charge on any atom is 0.148 e. The second-order valence-corrected chi connectivity index (χ2v) is 4.28. The summed E-state index contributed by atoms with van der Waals surface area (Å²) in [7, 11) is 0. The van der Waals surface area contributed by atoms with Crippen molar-refractivity contribution in [2.45, 2.75) is 6.61 Å². The van der Waals surface area contributed by atoms with E-state index in [9.17, 15) is 0 Å². The van der Waals surface area contributed by atoms with Crippen molar-refractivity contribution in [3.8, 4) is 10.7 Å². The van der Waals surface area contributed by atoms with Crippen LogP contribution in [-0.4, -0.2) is 15.1 Å². The number of aliphatic hydroxyl groups is 1. The van der Waals surface area contributed by atoms with Gasteiger partial charge in [0.2, 0.25) is 0 Å². The van der Waals surface area contributed by atoms with Crippen LogP contribution in [0.4, 0.5) is 0 Å². The molecule has 2 rings (SSSR count). The van der Waals surface area contributed by atoms with E-state index in [2.05, 4.69) is 25.9 Å². The monoisotopic (exact) mass is 258 g/mol. The van der Waals surface area contributed by atoms with E-state index in [4.69, 9.17) is 5.11 Å². The summed E-state index contributed by atoms with van der Waals surface area (Å²) in [5.41, 5.74) is 0.732. The lowest BCUT2D eigenvalue weighted by atomic mass is 10.4. The summed E-state index contributed by atoms with van der Waals surface area (Å²) in [6.07, 6.45) is 1.64. The van der Waals surface area contributed by atoms with Crippen LogP contribution in [0.15, 0.2) is 22.1 Å². The molecule has 0 radical (unpaired) electrons. The highest BCUT2D eigenvalue weighted by Gasteiger charge is 2.07. The first-order valence-electron chi connectivity index (χ1n) is 3.69. The van der Waals surface area contributed by atoms with Crippen molar-refractivity contribution >= 4 is 27.3 Å². The van der Waals surface area contributed by atoms with Crippen molar-refractivity contribution in [1.29, 1.82) is 0 Å². The van der Waals surface area contributed by atoms with E-state index < -0.39 is 0 Å². The summed E-state index contributed by atoms with van der Waals surface area (Å²) in [5, 5.41) is 10.8. The van der Waals surface area contributed by atoms with Crippen LogP contribution in [-0.2, 0) is 6.61 Å². The number of hydrogen-bond acceptors (Lipinski definition) is 3. The molecule has 0 atom stereocenters. The maximum atomic E-state index is 8.84. The van der Waals surface area contributed by atoms with E-state index >= 15 is 0 Å². The number of nitrogens with zero attached hydrogens (tertiary/aromatic N) is 1. The molecule has 0 aromatic carbocycles. The molecule has 0 spiro atoms. The van der Waals surface area contributed by atoms with Crippen LogP contribution in [0.3, 0.4) is 0 Å². The lowest BCUT2D eigenvalue weighted by Crippen LogP contribution is -1.81. The third-order valence-electron chi connectivity index (χ3n) is 1.63. The molecule has 0 aliphatic rings. The quantitative estimate of drug-likeness (QED) is 0.869. The SMILES string of the molecule is OCc1cnc(-c2sccc2Br)[nH]1. The van der Waals surface area contributed by atoms with Gasteiger partial charge in [-0.25, -0.2) is 4.98 Å². The van der Waals surface area contributed by atoms with Gasteiger partial charge in [0.1, 0.15) is 5.82 Å². The molecule has 0 unspecified atom stereocenters. The zero-order valence-corrected chi connectivity index (χ0v) is 9.02. The number of imidazole rings is 1. The number of nitrogens with one attached hydrogen (secondary N) is 1. The van der Waals surface area contributed by atoms with Crippen molar-refractivity contribution in [2.75, 3.05) is 0 Å². The topological polar surface area (TPSA) is 48.9 Å². The summed E-state index contributed by atoms with van der Waals surface area (Å²) in [6, 6.07) is 1.97. The smallest absolute Gasteiger partial charge is 0.148 e. The number of aliphatic hydroxyl groups excluding tert-OH is 1. The van der Waals surface area contributed by atoms with Gasteiger partial charge in [0, 0.05) is 4.47 Å². The van der Waals surface area contributed by atoms with Crippen LogP contribution >= 0.6 is 27.3 Å². The molecule has 2 aromatic rings. The Morgan fingerprint density at radius 2 is 2.46 bits per heavy atom. The summed E-state index contributed by atoms with van der Waals surface area (Å²) in [4.78, 5) is 8.24. The molecule has 0 saturated heterocycles. The Balaban J connectivity index is 2.41. The van der Waals surface area contributed by atoms with Crippen LogP contribution in [0.2, 0.25) is 0 Å². The Hall–Kier alpha value is -0.650. The predicted molar refractivity (Wildman–Crippen MR) is 55.5 cm³/mol. The van der Waals surface area contributed by atoms with Gasteiger partial charge >= 0.3 is 0 Å². The predicted octanol–water partition coefficient (Wildman–Crippen LogP) is 2.39. The van der Waals surface area contributed by atoms with E-state index in [1.54, 1.807) is 17.5 Å². The average Bonchev–Trinajstić information content (AvgIpc) is 2.71. The highest BCUT2D eigenvalue weighted by molar-refractivity contribution is 9.10. The number of halogens is 1. The molecular formula is C8H7BrN2OS. The van der Waals surface area contributed by atoms with Gasteiger partial charge in [0.15, 0.2) is 0 Å². The van der Waals surface area contributed by atoms with Gasteiger partial charge in [-0.2, -0.15) is 0 Å². The Labute approximate surface area is 87.6 Å². The number of H-pyrrole nitrogens is 1. The fraction of sp³-hybridized carbons (Fsp3) is 0.125. The van der Waals surface area contributed by atoms with Gasteiger partial charge in [0.05, 0.1) is 23.4 Å². The van der Waals surface area contributed by atoms with Crippen LogP contribution < -0.4 is 0 Å². The second-order valence-electron chi connectivity index (χ2n) is 2.51. The highest BCUT2D eigenvalue weighted by atomic mass is 79.9. The molecule has 5 heteroatoms. The van der Waals surface area contributed by atoms with E-state index in [1.165, 1.54) is 0 Å². The molecule has 0 fully saturated rings.